The molecule has 0 saturated carbocycles. The van der Waals surface area contributed by atoms with Crippen LogP contribution in [0.1, 0.15) is 19.4 Å². The first-order valence-corrected chi connectivity index (χ1v) is 6.76. The van der Waals surface area contributed by atoms with Gasteiger partial charge in [-0.25, -0.2) is 14.6 Å². The Hall–Kier alpha value is -1.92. The molecule has 0 aliphatic heterocycles. The molecule has 0 fully saturated rings. The minimum absolute atomic E-state index is 0.0347. The predicted octanol–water partition coefficient (Wildman–Crippen LogP) is 2.21. The molecule has 3 heterocycles. The van der Waals surface area contributed by atoms with Crippen LogP contribution in [0.25, 0.3) is 16.9 Å². The molecular weight excluding hydrogens is 278 g/mol. The zero-order valence-electron chi connectivity index (χ0n) is 10.9. The number of hydrogen-bond acceptors (Lipinski definition) is 4. The molecule has 0 radical (unpaired) electrons. The lowest BCUT2D eigenvalue weighted by Gasteiger charge is -2.16. The van der Waals surface area contributed by atoms with E-state index in [1.165, 1.54) is 0 Å². The summed E-state index contributed by atoms with van der Waals surface area (Å²) < 4.78 is 3.60. The van der Waals surface area contributed by atoms with Crippen molar-refractivity contribution in [3.8, 4) is 5.69 Å². The molecule has 0 spiro atoms. The first-order chi connectivity index (χ1) is 9.76. The highest BCUT2D eigenvalue weighted by Gasteiger charge is 2.18. The average Bonchev–Trinajstić information content (AvgIpc) is 3.10. The van der Waals surface area contributed by atoms with Gasteiger partial charge >= 0.3 is 0 Å². The third-order valence-corrected chi connectivity index (χ3v) is 3.61. The van der Waals surface area contributed by atoms with Crippen LogP contribution in [-0.2, 0) is 0 Å². The largest absolute Gasteiger partial charge is 0.394 e. The van der Waals surface area contributed by atoms with Crippen molar-refractivity contribution in [2.75, 3.05) is 6.61 Å². The third-order valence-electron chi connectivity index (χ3n) is 3.33. The highest BCUT2D eigenvalue weighted by atomic mass is 35.5. The van der Waals surface area contributed by atoms with E-state index in [0.717, 1.165) is 17.6 Å². The summed E-state index contributed by atoms with van der Waals surface area (Å²) in [7, 11) is 0. The van der Waals surface area contributed by atoms with Gasteiger partial charge in [-0.1, -0.05) is 18.5 Å². The fourth-order valence-electron chi connectivity index (χ4n) is 2.28. The highest BCUT2D eigenvalue weighted by Crippen LogP contribution is 2.29. The van der Waals surface area contributed by atoms with Gasteiger partial charge in [0.15, 0.2) is 5.65 Å². The van der Waals surface area contributed by atoms with E-state index in [-0.39, 0.29) is 12.6 Å². The van der Waals surface area contributed by atoms with E-state index >= 15 is 0 Å². The van der Waals surface area contributed by atoms with Crippen LogP contribution in [0.4, 0.5) is 0 Å². The summed E-state index contributed by atoms with van der Waals surface area (Å²) >= 11 is 6.29. The van der Waals surface area contributed by atoms with E-state index in [0.29, 0.717) is 10.7 Å². The van der Waals surface area contributed by atoms with Crippen molar-refractivity contribution in [3.63, 3.8) is 0 Å². The van der Waals surface area contributed by atoms with Crippen molar-refractivity contribution in [1.29, 1.82) is 0 Å². The van der Waals surface area contributed by atoms with Gasteiger partial charge in [0.1, 0.15) is 11.2 Å². The second kappa shape index (κ2) is 5.22. The van der Waals surface area contributed by atoms with Gasteiger partial charge in [-0.05, 0) is 12.5 Å². The monoisotopic (exact) mass is 291 g/mol. The summed E-state index contributed by atoms with van der Waals surface area (Å²) in [6.45, 7) is 2.05. The number of aliphatic hydroxyl groups excluding tert-OH is 1. The number of pyridine rings is 1. The number of aromatic nitrogens is 5. The zero-order chi connectivity index (χ0) is 14.1. The van der Waals surface area contributed by atoms with Crippen molar-refractivity contribution >= 4 is 22.8 Å². The van der Waals surface area contributed by atoms with Crippen molar-refractivity contribution < 1.29 is 5.11 Å². The van der Waals surface area contributed by atoms with Crippen molar-refractivity contribution in [2.45, 2.75) is 19.4 Å². The van der Waals surface area contributed by atoms with Crippen molar-refractivity contribution in [1.82, 2.24) is 24.3 Å². The van der Waals surface area contributed by atoms with Crippen molar-refractivity contribution in [3.05, 3.63) is 36.0 Å². The molecule has 1 atom stereocenters. The lowest BCUT2D eigenvalue weighted by molar-refractivity contribution is 0.227. The molecule has 104 valence electrons. The van der Waals surface area contributed by atoms with Gasteiger partial charge in [-0.3, -0.25) is 0 Å². The van der Waals surface area contributed by atoms with Gasteiger partial charge in [0.05, 0.1) is 30.2 Å². The topological polar surface area (TPSA) is 68.8 Å². The summed E-state index contributed by atoms with van der Waals surface area (Å²) in [5, 5.41) is 14.2. The number of halogens is 1. The molecule has 1 N–H and O–H groups in total. The molecule has 3 rings (SSSR count). The number of fused-ring (bicyclic) bond motifs is 1. The Morgan fingerprint density at radius 2 is 2.25 bits per heavy atom. The summed E-state index contributed by atoms with van der Waals surface area (Å²) in [5.74, 6) is 0. The Bertz CT molecular complexity index is 718. The van der Waals surface area contributed by atoms with E-state index in [1.54, 1.807) is 23.4 Å². The Labute approximate surface area is 120 Å². The third kappa shape index (κ3) is 1.97. The predicted molar refractivity (Wildman–Crippen MR) is 76.1 cm³/mol. The number of nitrogens with zero attached hydrogens (tertiary/aromatic N) is 5. The van der Waals surface area contributed by atoms with Gasteiger partial charge in [0, 0.05) is 12.4 Å². The van der Waals surface area contributed by atoms with Crippen LogP contribution in [0, 0.1) is 0 Å². The molecule has 0 saturated heterocycles. The normalized spacial score (nSPS) is 12.9. The van der Waals surface area contributed by atoms with E-state index < -0.39 is 0 Å². The molecule has 6 nitrogen and oxygen atoms in total. The van der Waals surface area contributed by atoms with Gasteiger partial charge in [-0.15, -0.1) is 0 Å². The van der Waals surface area contributed by atoms with E-state index in [4.69, 9.17) is 11.6 Å². The summed E-state index contributed by atoms with van der Waals surface area (Å²) in [4.78, 5) is 8.52. The number of rotatable bonds is 4. The van der Waals surface area contributed by atoms with Crippen molar-refractivity contribution in [2.24, 2.45) is 0 Å². The van der Waals surface area contributed by atoms with Gasteiger partial charge < -0.3 is 9.67 Å². The minimum Gasteiger partial charge on any atom is -0.394 e. The van der Waals surface area contributed by atoms with Crippen LogP contribution in [0.5, 0.6) is 0 Å². The Morgan fingerprint density at radius 1 is 1.40 bits per heavy atom. The molecule has 0 aromatic carbocycles. The lowest BCUT2D eigenvalue weighted by atomic mass is 10.2. The standard InChI is InChI=1S/C13H14ClN5O/c1-2-9(7-20)18-8-16-13-12(18)11(10(14)6-15-13)19-5-3-4-17-19/h3-6,8-9,20H,2,7H2,1H3/t9-/m0/s1. The first kappa shape index (κ1) is 13.1. The number of aliphatic hydroxyl groups is 1. The maximum absolute atomic E-state index is 9.52. The molecule has 20 heavy (non-hydrogen) atoms. The van der Waals surface area contributed by atoms with Crippen LogP contribution in [0.3, 0.4) is 0 Å². The van der Waals surface area contributed by atoms with Gasteiger partial charge in [-0.2, -0.15) is 5.10 Å². The molecule has 0 aliphatic rings. The second-order valence-corrected chi connectivity index (χ2v) is 4.88. The van der Waals surface area contributed by atoms with Gasteiger partial charge in [0.25, 0.3) is 0 Å². The fourth-order valence-corrected chi connectivity index (χ4v) is 2.50. The number of imidazole rings is 1. The molecule has 3 aromatic heterocycles. The van der Waals surface area contributed by atoms with Crippen LogP contribution in [-0.4, -0.2) is 36.0 Å². The Morgan fingerprint density at radius 3 is 2.90 bits per heavy atom. The van der Waals surface area contributed by atoms with E-state index in [2.05, 4.69) is 15.1 Å². The van der Waals surface area contributed by atoms with Crippen LogP contribution in [0.15, 0.2) is 31.0 Å². The second-order valence-electron chi connectivity index (χ2n) is 4.47. The molecule has 0 aliphatic carbocycles. The molecule has 0 amide bonds. The Kier molecular flexibility index (Phi) is 3.42. The van der Waals surface area contributed by atoms with E-state index in [9.17, 15) is 5.11 Å². The molecule has 3 aromatic rings. The summed E-state index contributed by atoms with van der Waals surface area (Å²) in [5.41, 5.74) is 2.10. The maximum Gasteiger partial charge on any atom is 0.179 e. The summed E-state index contributed by atoms with van der Waals surface area (Å²) in [6.07, 6.45) is 7.54. The minimum atomic E-state index is -0.0606. The van der Waals surface area contributed by atoms with Crippen LogP contribution in [0.2, 0.25) is 5.02 Å². The molecular formula is C13H14ClN5O. The molecule has 0 bridgehead atoms. The SMILES string of the molecule is CC[C@@H](CO)n1cnc2ncc(Cl)c(-n3cccn3)c21. The van der Waals surface area contributed by atoms with Crippen LogP contribution < -0.4 is 0 Å². The number of hydrogen-bond donors (Lipinski definition) is 1. The smallest absolute Gasteiger partial charge is 0.179 e. The van der Waals surface area contributed by atoms with E-state index in [1.807, 2.05) is 23.8 Å². The zero-order valence-corrected chi connectivity index (χ0v) is 11.7. The average molecular weight is 292 g/mol. The first-order valence-electron chi connectivity index (χ1n) is 6.38. The van der Waals surface area contributed by atoms with Crippen LogP contribution >= 0.6 is 11.6 Å². The molecule has 0 unspecified atom stereocenters. The van der Waals surface area contributed by atoms with Gasteiger partial charge in [0.2, 0.25) is 0 Å². The Balaban J connectivity index is 2.32. The fraction of sp³-hybridized carbons (Fsp3) is 0.308. The quantitative estimate of drug-likeness (QED) is 0.800. The highest BCUT2D eigenvalue weighted by molar-refractivity contribution is 6.33. The summed E-state index contributed by atoms with van der Waals surface area (Å²) in [6, 6.07) is 1.77. The maximum atomic E-state index is 9.52. The molecule has 7 heteroatoms. The lowest BCUT2D eigenvalue weighted by Crippen LogP contribution is -2.12.